The van der Waals surface area contributed by atoms with Gasteiger partial charge in [0.05, 0.1) is 16.7 Å². The van der Waals surface area contributed by atoms with E-state index < -0.39 is 0 Å². The van der Waals surface area contributed by atoms with Gasteiger partial charge < -0.3 is 5.32 Å². The van der Waals surface area contributed by atoms with Gasteiger partial charge in [0.25, 0.3) is 0 Å². The zero-order chi connectivity index (χ0) is 12.4. The molecular weight excluding hydrogens is 228 g/mol. The summed E-state index contributed by atoms with van der Waals surface area (Å²) in [6.45, 7) is 6.30. The van der Waals surface area contributed by atoms with Crippen molar-refractivity contribution in [3.05, 3.63) is 51.0 Å². The Labute approximate surface area is 107 Å². The molecule has 0 radical (unpaired) electrons. The molecule has 1 heterocycles. The van der Waals surface area contributed by atoms with Crippen LogP contribution in [0.25, 0.3) is 0 Å². The van der Waals surface area contributed by atoms with Gasteiger partial charge in [0.15, 0.2) is 0 Å². The van der Waals surface area contributed by atoms with Gasteiger partial charge in [-0.15, -0.1) is 11.3 Å². The monoisotopic (exact) mass is 246 g/mol. The summed E-state index contributed by atoms with van der Waals surface area (Å²) in [6.07, 6.45) is 0. The van der Waals surface area contributed by atoms with Crippen molar-refractivity contribution >= 4 is 11.3 Å². The topological polar surface area (TPSA) is 24.9 Å². The smallest absolute Gasteiger partial charge is 0.0900 e. The minimum atomic E-state index is 0.252. The fraction of sp³-hybridized carbons (Fsp3) is 0.357. The molecule has 2 aromatic rings. The summed E-state index contributed by atoms with van der Waals surface area (Å²) in [5, 5.41) is 4.53. The molecule has 0 amide bonds. The number of benzene rings is 1. The summed E-state index contributed by atoms with van der Waals surface area (Å²) in [6, 6.07) is 8.77. The van der Waals surface area contributed by atoms with E-state index in [4.69, 9.17) is 0 Å². The average Bonchev–Trinajstić information content (AvgIpc) is 2.62. The van der Waals surface area contributed by atoms with E-state index >= 15 is 0 Å². The molecule has 0 fully saturated rings. The number of thiazole rings is 1. The van der Waals surface area contributed by atoms with Crippen LogP contribution < -0.4 is 5.32 Å². The highest BCUT2D eigenvalue weighted by atomic mass is 32.1. The van der Waals surface area contributed by atoms with Crippen LogP contribution in [0.3, 0.4) is 0 Å². The van der Waals surface area contributed by atoms with Gasteiger partial charge in [0, 0.05) is 4.88 Å². The Kier molecular flexibility index (Phi) is 3.60. The lowest BCUT2D eigenvalue weighted by molar-refractivity contribution is 0.693. The first-order chi connectivity index (χ1) is 8.13. The zero-order valence-corrected chi connectivity index (χ0v) is 11.6. The Bertz CT molecular complexity index is 517. The lowest BCUT2D eigenvalue weighted by Gasteiger charge is -2.18. The lowest BCUT2D eigenvalue weighted by Crippen LogP contribution is -2.18. The Hall–Kier alpha value is -1.19. The van der Waals surface area contributed by atoms with Crippen molar-refractivity contribution in [1.29, 1.82) is 0 Å². The molecular formula is C14H18N2S. The van der Waals surface area contributed by atoms with Crippen molar-refractivity contribution in [1.82, 2.24) is 10.3 Å². The Morgan fingerprint density at radius 2 is 1.88 bits per heavy atom. The number of aromatic nitrogens is 1. The average molecular weight is 246 g/mol. The van der Waals surface area contributed by atoms with Gasteiger partial charge in [-0.25, -0.2) is 4.98 Å². The van der Waals surface area contributed by atoms with Crippen molar-refractivity contribution in [2.24, 2.45) is 0 Å². The van der Waals surface area contributed by atoms with Crippen LogP contribution in [-0.4, -0.2) is 12.0 Å². The van der Waals surface area contributed by atoms with Gasteiger partial charge in [-0.2, -0.15) is 0 Å². The number of hydrogen-bond acceptors (Lipinski definition) is 3. The molecule has 17 heavy (non-hydrogen) atoms. The van der Waals surface area contributed by atoms with Crippen LogP contribution >= 0.6 is 11.3 Å². The van der Waals surface area contributed by atoms with Gasteiger partial charge in [-0.1, -0.05) is 24.3 Å². The molecule has 1 N–H and O–H groups in total. The van der Waals surface area contributed by atoms with Crippen LogP contribution in [0.5, 0.6) is 0 Å². The minimum Gasteiger partial charge on any atom is -0.309 e. The molecule has 0 saturated heterocycles. The van der Waals surface area contributed by atoms with Crippen LogP contribution in [0.4, 0.5) is 0 Å². The second-order valence-corrected chi connectivity index (χ2v) is 5.50. The molecule has 0 aliphatic heterocycles. The van der Waals surface area contributed by atoms with Crippen LogP contribution in [0.15, 0.2) is 24.3 Å². The highest BCUT2D eigenvalue weighted by molar-refractivity contribution is 7.11. The summed E-state index contributed by atoms with van der Waals surface area (Å²) in [5.41, 5.74) is 3.79. The number of rotatable bonds is 3. The second-order valence-electron chi connectivity index (χ2n) is 4.26. The first kappa shape index (κ1) is 12.3. The van der Waals surface area contributed by atoms with Gasteiger partial charge in [0.2, 0.25) is 0 Å². The third kappa shape index (κ3) is 2.40. The lowest BCUT2D eigenvalue weighted by atomic mass is 9.99. The van der Waals surface area contributed by atoms with E-state index in [9.17, 15) is 0 Å². The normalized spacial score (nSPS) is 12.7. The molecule has 0 aliphatic carbocycles. The first-order valence-corrected chi connectivity index (χ1v) is 6.62. The highest BCUT2D eigenvalue weighted by Gasteiger charge is 2.18. The third-order valence-corrected chi connectivity index (χ3v) is 4.13. The summed E-state index contributed by atoms with van der Waals surface area (Å²) in [5.74, 6) is 0. The Balaban J connectivity index is 2.47. The van der Waals surface area contributed by atoms with Gasteiger partial charge >= 0.3 is 0 Å². The summed E-state index contributed by atoms with van der Waals surface area (Å²) < 4.78 is 0. The minimum absolute atomic E-state index is 0.252. The first-order valence-electron chi connectivity index (χ1n) is 5.80. The van der Waals surface area contributed by atoms with E-state index in [0.717, 1.165) is 10.7 Å². The van der Waals surface area contributed by atoms with Gasteiger partial charge in [-0.3, -0.25) is 0 Å². The fourth-order valence-electron chi connectivity index (χ4n) is 2.15. The second kappa shape index (κ2) is 4.98. The molecule has 1 atom stereocenters. The van der Waals surface area contributed by atoms with E-state index in [-0.39, 0.29) is 6.04 Å². The molecule has 0 aliphatic rings. The standard InChI is InChI=1S/C14H18N2S/c1-9-7-5-6-8-12(9)13(15-4)14-10(2)16-11(3)17-14/h5-8,13,15H,1-4H3. The summed E-state index contributed by atoms with van der Waals surface area (Å²) in [7, 11) is 2.01. The van der Waals surface area contributed by atoms with Crippen molar-refractivity contribution < 1.29 is 0 Å². The molecule has 0 saturated carbocycles. The maximum atomic E-state index is 4.51. The maximum Gasteiger partial charge on any atom is 0.0900 e. The molecule has 1 unspecified atom stereocenters. The predicted octanol–water partition coefficient (Wildman–Crippen LogP) is 3.38. The number of hydrogen-bond donors (Lipinski definition) is 1. The molecule has 0 bridgehead atoms. The van der Waals surface area contributed by atoms with Crippen molar-refractivity contribution in [2.45, 2.75) is 26.8 Å². The summed E-state index contributed by atoms with van der Waals surface area (Å²) >= 11 is 1.78. The molecule has 1 aromatic carbocycles. The van der Waals surface area contributed by atoms with E-state index in [1.165, 1.54) is 16.0 Å². The Morgan fingerprint density at radius 1 is 1.18 bits per heavy atom. The van der Waals surface area contributed by atoms with Crippen molar-refractivity contribution in [2.75, 3.05) is 7.05 Å². The SMILES string of the molecule is CNC(c1ccccc1C)c1sc(C)nc1C. The van der Waals surface area contributed by atoms with Crippen molar-refractivity contribution in [3.8, 4) is 0 Å². The number of nitrogens with zero attached hydrogens (tertiary/aromatic N) is 1. The van der Waals surface area contributed by atoms with E-state index in [2.05, 4.69) is 55.3 Å². The third-order valence-electron chi connectivity index (χ3n) is 2.99. The quantitative estimate of drug-likeness (QED) is 0.898. The molecule has 90 valence electrons. The van der Waals surface area contributed by atoms with Crippen molar-refractivity contribution in [3.63, 3.8) is 0 Å². The number of nitrogens with one attached hydrogen (secondary N) is 1. The highest BCUT2D eigenvalue weighted by Crippen LogP contribution is 2.31. The van der Waals surface area contributed by atoms with E-state index in [0.29, 0.717) is 0 Å². The molecule has 2 rings (SSSR count). The van der Waals surface area contributed by atoms with E-state index in [1.807, 2.05) is 7.05 Å². The van der Waals surface area contributed by atoms with Gasteiger partial charge in [-0.05, 0) is 38.9 Å². The van der Waals surface area contributed by atoms with Crippen LogP contribution in [0, 0.1) is 20.8 Å². The predicted molar refractivity (Wildman–Crippen MR) is 73.7 cm³/mol. The zero-order valence-electron chi connectivity index (χ0n) is 10.7. The maximum absolute atomic E-state index is 4.51. The fourth-order valence-corrected chi connectivity index (χ4v) is 3.21. The molecule has 3 heteroatoms. The van der Waals surface area contributed by atoms with Gasteiger partial charge in [0.1, 0.15) is 0 Å². The molecule has 2 nitrogen and oxygen atoms in total. The number of aryl methyl sites for hydroxylation is 3. The Morgan fingerprint density at radius 3 is 2.41 bits per heavy atom. The summed E-state index contributed by atoms with van der Waals surface area (Å²) in [4.78, 5) is 5.83. The van der Waals surface area contributed by atoms with Crippen LogP contribution in [-0.2, 0) is 0 Å². The molecule has 1 aromatic heterocycles. The van der Waals surface area contributed by atoms with Crippen LogP contribution in [0.2, 0.25) is 0 Å². The largest absolute Gasteiger partial charge is 0.309 e. The van der Waals surface area contributed by atoms with E-state index in [1.54, 1.807) is 11.3 Å². The molecule has 0 spiro atoms. The van der Waals surface area contributed by atoms with Crippen LogP contribution in [0.1, 0.15) is 32.7 Å².